The molecule has 37 heavy (non-hydrogen) atoms. The molecule has 0 atom stereocenters. The molecule has 2 N–H and O–H groups in total. The minimum Gasteiger partial charge on any atom is -0.504 e. The molecule has 0 radical (unpaired) electrons. The Morgan fingerprint density at radius 3 is 2.65 bits per heavy atom. The van der Waals surface area contributed by atoms with Gasteiger partial charge in [0.15, 0.2) is 22.5 Å². The molecule has 11 heteroatoms. The van der Waals surface area contributed by atoms with E-state index in [1.807, 2.05) is 54.8 Å². The third-order valence-corrected chi connectivity index (χ3v) is 5.91. The van der Waals surface area contributed by atoms with E-state index in [9.17, 15) is 9.90 Å². The predicted octanol–water partition coefficient (Wildman–Crippen LogP) is 4.07. The molecule has 0 fully saturated rings. The Kier molecular flexibility index (Phi) is 8.71. The van der Waals surface area contributed by atoms with Gasteiger partial charge in [0.25, 0.3) is 5.91 Å². The number of thioether (sulfide) groups is 1. The summed E-state index contributed by atoms with van der Waals surface area (Å²) in [5, 5.41) is 23.0. The first-order valence-corrected chi connectivity index (χ1v) is 12.6. The lowest BCUT2D eigenvalue weighted by atomic mass is 10.2. The number of benzene rings is 2. The number of amides is 1. The zero-order valence-electron chi connectivity index (χ0n) is 20.4. The second kappa shape index (κ2) is 12.5. The Bertz CT molecular complexity index is 1360. The van der Waals surface area contributed by atoms with Crippen LogP contribution in [0, 0.1) is 0 Å². The van der Waals surface area contributed by atoms with Gasteiger partial charge >= 0.3 is 0 Å². The van der Waals surface area contributed by atoms with Crippen molar-refractivity contribution in [2.75, 3.05) is 19.0 Å². The molecule has 2 aromatic heterocycles. The van der Waals surface area contributed by atoms with Crippen LogP contribution in [0.5, 0.6) is 17.2 Å². The van der Waals surface area contributed by atoms with Gasteiger partial charge in [-0.25, -0.2) is 5.43 Å². The molecule has 4 aromatic rings. The van der Waals surface area contributed by atoms with Crippen LogP contribution in [-0.4, -0.2) is 55.9 Å². The average Bonchev–Trinajstić information content (AvgIpc) is 3.34. The Balaban J connectivity index is 1.47. The monoisotopic (exact) mass is 518 g/mol. The van der Waals surface area contributed by atoms with E-state index in [0.29, 0.717) is 35.5 Å². The summed E-state index contributed by atoms with van der Waals surface area (Å²) in [4.78, 5) is 16.7. The topological polar surface area (TPSA) is 124 Å². The molecule has 0 bridgehead atoms. The van der Waals surface area contributed by atoms with Gasteiger partial charge < -0.3 is 14.6 Å². The van der Waals surface area contributed by atoms with E-state index < -0.39 is 0 Å². The van der Waals surface area contributed by atoms with Gasteiger partial charge in [0, 0.05) is 23.6 Å². The van der Waals surface area contributed by atoms with Gasteiger partial charge in [0.05, 0.1) is 25.2 Å². The molecule has 0 aliphatic heterocycles. The van der Waals surface area contributed by atoms with E-state index in [1.54, 1.807) is 24.5 Å². The SMILES string of the molecule is CCOc1ccc(-n2c(SCC(=O)N/N=C\c3ccc(O)c(OCC)c3)nnc2-c2cccnc2)cc1. The molecular formula is C26H26N6O4S. The molecule has 2 aromatic carbocycles. The number of carbonyl (C=O) groups is 1. The number of hydrogen-bond acceptors (Lipinski definition) is 9. The molecule has 190 valence electrons. The number of phenolic OH excluding ortho intramolecular Hbond substituents is 1. The van der Waals surface area contributed by atoms with Crippen LogP contribution in [0.15, 0.2) is 77.2 Å². The number of ether oxygens (including phenoxy) is 2. The fraction of sp³-hybridized carbons (Fsp3) is 0.192. The van der Waals surface area contributed by atoms with Crippen LogP contribution < -0.4 is 14.9 Å². The Labute approximate surface area is 218 Å². The second-order valence-electron chi connectivity index (χ2n) is 7.55. The summed E-state index contributed by atoms with van der Waals surface area (Å²) >= 11 is 1.24. The summed E-state index contributed by atoms with van der Waals surface area (Å²) in [6, 6.07) is 16.1. The highest BCUT2D eigenvalue weighted by atomic mass is 32.2. The third-order valence-electron chi connectivity index (χ3n) is 4.98. The molecule has 1 amide bonds. The summed E-state index contributed by atoms with van der Waals surface area (Å²) in [5.74, 6) is 1.52. The highest BCUT2D eigenvalue weighted by Crippen LogP contribution is 2.29. The van der Waals surface area contributed by atoms with Crippen molar-refractivity contribution < 1.29 is 19.4 Å². The van der Waals surface area contributed by atoms with E-state index in [0.717, 1.165) is 17.0 Å². The first-order valence-electron chi connectivity index (χ1n) is 11.6. The minimum atomic E-state index is -0.311. The van der Waals surface area contributed by atoms with Gasteiger partial charge in [-0.3, -0.25) is 14.3 Å². The quantitative estimate of drug-likeness (QED) is 0.173. The van der Waals surface area contributed by atoms with Crippen LogP contribution in [-0.2, 0) is 4.79 Å². The molecule has 0 spiro atoms. The van der Waals surface area contributed by atoms with Crippen LogP contribution >= 0.6 is 11.8 Å². The number of hydrogen-bond donors (Lipinski definition) is 2. The van der Waals surface area contributed by atoms with Crippen molar-refractivity contribution in [3.05, 3.63) is 72.6 Å². The smallest absolute Gasteiger partial charge is 0.250 e. The largest absolute Gasteiger partial charge is 0.504 e. The molecule has 0 aliphatic rings. The van der Waals surface area contributed by atoms with Gasteiger partial charge in [-0.15, -0.1) is 10.2 Å². The van der Waals surface area contributed by atoms with Crippen LogP contribution in [0.3, 0.4) is 0 Å². The lowest BCUT2D eigenvalue weighted by Crippen LogP contribution is -2.20. The summed E-state index contributed by atoms with van der Waals surface area (Å²) in [6.45, 7) is 4.76. The Morgan fingerprint density at radius 2 is 1.92 bits per heavy atom. The van der Waals surface area contributed by atoms with Gasteiger partial charge in [-0.1, -0.05) is 11.8 Å². The van der Waals surface area contributed by atoms with Crippen molar-refractivity contribution >= 4 is 23.9 Å². The van der Waals surface area contributed by atoms with Crippen molar-refractivity contribution in [1.29, 1.82) is 0 Å². The van der Waals surface area contributed by atoms with E-state index in [4.69, 9.17) is 9.47 Å². The van der Waals surface area contributed by atoms with Crippen molar-refractivity contribution in [3.63, 3.8) is 0 Å². The molecule has 0 saturated heterocycles. The van der Waals surface area contributed by atoms with Crippen molar-refractivity contribution in [3.8, 4) is 34.3 Å². The van der Waals surface area contributed by atoms with Gasteiger partial charge in [0.1, 0.15) is 5.75 Å². The maximum Gasteiger partial charge on any atom is 0.250 e. The van der Waals surface area contributed by atoms with Gasteiger partial charge in [-0.2, -0.15) is 5.10 Å². The van der Waals surface area contributed by atoms with E-state index in [2.05, 4.69) is 25.7 Å². The number of pyridine rings is 1. The number of carbonyl (C=O) groups excluding carboxylic acids is 1. The number of nitrogens with zero attached hydrogens (tertiary/aromatic N) is 5. The van der Waals surface area contributed by atoms with Gasteiger partial charge in [-0.05, 0) is 74.0 Å². The maximum absolute atomic E-state index is 12.5. The average molecular weight is 519 g/mol. The number of nitrogens with one attached hydrogen (secondary N) is 1. The fourth-order valence-corrected chi connectivity index (χ4v) is 4.10. The first-order chi connectivity index (χ1) is 18.1. The van der Waals surface area contributed by atoms with E-state index >= 15 is 0 Å². The standard InChI is InChI=1S/C26H26N6O4S/c1-3-35-21-10-8-20(9-11-21)32-25(19-6-5-13-27-16-19)30-31-26(32)37-17-24(34)29-28-15-18-7-12-22(33)23(14-18)36-4-2/h5-16,33H,3-4,17H2,1-2H3,(H,29,34)/b28-15-. The van der Waals surface area contributed by atoms with Crippen LogP contribution in [0.4, 0.5) is 0 Å². The van der Waals surface area contributed by atoms with E-state index in [-0.39, 0.29) is 17.4 Å². The van der Waals surface area contributed by atoms with Crippen LogP contribution in [0.25, 0.3) is 17.1 Å². The summed E-state index contributed by atoms with van der Waals surface area (Å²) in [5.41, 5.74) is 4.80. The molecule has 10 nitrogen and oxygen atoms in total. The van der Waals surface area contributed by atoms with Crippen LogP contribution in [0.1, 0.15) is 19.4 Å². The zero-order chi connectivity index (χ0) is 26.0. The molecule has 4 rings (SSSR count). The van der Waals surface area contributed by atoms with Crippen molar-refractivity contribution in [2.45, 2.75) is 19.0 Å². The number of hydrazone groups is 1. The molecule has 0 aliphatic carbocycles. The zero-order valence-corrected chi connectivity index (χ0v) is 21.2. The fourth-order valence-electron chi connectivity index (χ4n) is 3.36. The molecule has 2 heterocycles. The molecular weight excluding hydrogens is 492 g/mol. The summed E-state index contributed by atoms with van der Waals surface area (Å²) in [6.07, 6.45) is 4.89. The number of rotatable bonds is 11. The number of phenols is 1. The normalized spacial score (nSPS) is 11.0. The second-order valence-corrected chi connectivity index (χ2v) is 8.49. The predicted molar refractivity (Wildman–Crippen MR) is 141 cm³/mol. The first kappa shape index (κ1) is 25.7. The Hall–Kier alpha value is -4.38. The molecule has 0 saturated carbocycles. The third kappa shape index (κ3) is 6.64. The highest BCUT2D eigenvalue weighted by molar-refractivity contribution is 7.99. The number of aromatic nitrogens is 4. The highest BCUT2D eigenvalue weighted by Gasteiger charge is 2.17. The van der Waals surface area contributed by atoms with Crippen LogP contribution in [0.2, 0.25) is 0 Å². The number of aromatic hydroxyl groups is 1. The van der Waals surface area contributed by atoms with Crippen molar-refractivity contribution in [2.24, 2.45) is 5.10 Å². The lowest BCUT2D eigenvalue weighted by molar-refractivity contribution is -0.118. The maximum atomic E-state index is 12.5. The Morgan fingerprint density at radius 1 is 1.11 bits per heavy atom. The summed E-state index contributed by atoms with van der Waals surface area (Å²) in [7, 11) is 0. The van der Waals surface area contributed by atoms with Crippen molar-refractivity contribution in [1.82, 2.24) is 25.2 Å². The lowest BCUT2D eigenvalue weighted by Gasteiger charge is -2.11. The summed E-state index contributed by atoms with van der Waals surface area (Å²) < 4.78 is 12.8. The van der Waals surface area contributed by atoms with Gasteiger partial charge in [0.2, 0.25) is 0 Å². The molecule has 0 unspecified atom stereocenters. The van der Waals surface area contributed by atoms with E-state index in [1.165, 1.54) is 24.0 Å². The minimum absolute atomic E-state index is 0.0433.